The lowest BCUT2D eigenvalue weighted by Crippen LogP contribution is -2.45. The molecule has 1 saturated heterocycles. The minimum atomic E-state index is -0.646. The number of nitrogens with zero attached hydrogens (tertiary/aromatic N) is 3. The first-order valence-corrected chi connectivity index (χ1v) is 12.0. The standard InChI is InChI=1S/C22H24Cl2N4O3S/c1-3-30-22(29)18-17(12-28-7-8-31-13(2)11-28)26-20(21-25-6-9-32-21)27-19(18)15-5-4-14(23)10-16(15)24/h4-6,9-10,13,19H,3,7-8,11-12H2,1-2H3,(H,26,27)/t13?,19-/m0/s1. The highest BCUT2D eigenvalue weighted by atomic mass is 35.5. The van der Waals surface area contributed by atoms with E-state index in [1.165, 1.54) is 11.3 Å². The van der Waals surface area contributed by atoms with Gasteiger partial charge in [0.25, 0.3) is 0 Å². The van der Waals surface area contributed by atoms with E-state index in [2.05, 4.69) is 15.2 Å². The Balaban J connectivity index is 1.81. The largest absolute Gasteiger partial charge is 0.463 e. The second-order valence-electron chi connectivity index (χ2n) is 7.54. The highest BCUT2D eigenvalue weighted by molar-refractivity contribution is 7.11. The summed E-state index contributed by atoms with van der Waals surface area (Å²) in [5.74, 6) is 0.176. The van der Waals surface area contributed by atoms with Crippen LogP contribution in [-0.4, -0.2) is 60.6 Å². The molecular weight excluding hydrogens is 471 g/mol. The van der Waals surface area contributed by atoms with Gasteiger partial charge in [-0.3, -0.25) is 9.89 Å². The van der Waals surface area contributed by atoms with Crippen LogP contribution >= 0.6 is 34.5 Å². The van der Waals surface area contributed by atoms with Crippen LogP contribution in [0.2, 0.25) is 10.0 Å². The van der Waals surface area contributed by atoms with E-state index in [1.807, 2.05) is 12.3 Å². The molecule has 0 aliphatic carbocycles. The van der Waals surface area contributed by atoms with Crippen LogP contribution in [0.5, 0.6) is 0 Å². The number of ether oxygens (including phenoxy) is 2. The van der Waals surface area contributed by atoms with Gasteiger partial charge in [-0.2, -0.15) is 0 Å². The molecule has 2 aromatic rings. The van der Waals surface area contributed by atoms with Gasteiger partial charge in [-0.05, 0) is 26.0 Å². The molecule has 2 aliphatic heterocycles. The monoisotopic (exact) mass is 494 g/mol. The van der Waals surface area contributed by atoms with Crippen LogP contribution in [0, 0.1) is 0 Å². The van der Waals surface area contributed by atoms with Crippen LogP contribution in [-0.2, 0) is 14.3 Å². The molecule has 10 heteroatoms. The number of carbonyl (C=O) groups is 1. The number of aromatic nitrogens is 1. The summed E-state index contributed by atoms with van der Waals surface area (Å²) in [5, 5.41) is 6.93. The highest BCUT2D eigenvalue weighted by Crippen LogP contribution is 2.37. The summed E-state index contributed by atoms with van der Waals surface area (Å²) in [5.41, 5.74) is 1.85. The number of hydrogen-bond acceptors (Lipinski definition) is 8. The van der Waals surface area contributed by atoms with Gasteiger partial charge in [-0.25, -0.2) is 9.78 Å². The predicted molar refractivity (Wildman–Crippen MR) is 127 cm³/mol. The van der Waals surface area contributed by atoms with Gasteiger partial charge in [0.1, 0.15) is 6.04 Å². The molecule has 0 saturated carbocycles. The molecule has 1 aromatic carbocycles. The Morgan fingerprint density at radius 3 is 2.94 bits per heavy atom. The van der Waals surface area contributed by atoms with E-state index in [0.717, 1.165) is 23.8 Å². The summed E-state index contributed by atoms with van der Waals surface area (Å²) in [6.07, 6.45) is 1.84. The average molecular weight is 495 g/mol. The van der Waals surface area contributed by atoms with Gasteiger partial charge >= 0.3 is 5.97 Å². The van der Waals surface area contributed by atoms with E-state index >= 15 is 0 Å². The van der Waals surface area contributed by atoms with Crippen molar-refractivity contribution in [2.45, 2.75) is 26.0 Å². The second-order valence-corrected chi connectivity index (χ2v) is 9.28. The highest BCUT2D eigenvalue weighted by Gasteiger charge is 2.35. The Bertz CT molecular complexity index is 1040. The summed E-state index contributed by atoms with van der Waals surface area (Å²) < 4.78 is 11.1. The number of nitrogens with one attached hydrogen (secondary N) is 1. The third-order valence-corrected chi connectivity index (χ3v) is 6.56. The summed E-state index contributed by atoms with van der Waals surface area (Å²) in [6.45, 7) is 6.77. The Morgan fingerprint density at radius 2 is 2.25 bits per heavy atom. The number of esters is 1. The van der Waals surface area contributed by atoms with Crippen molar-refractivity contribution in [2.24, 2.45) is 4.99 Å². The molecular formula is C22H24Cl2N4O3S. The molecule has 4 rings (SSSR count). The molecule has 0 spiro atoms. The first-order chi connectivity index (χ1) is 15.5. The van der Waals surface area contributed by atoms with Gasteiger partial charge in [0.05, 0.1) is 24.9 Å². The Hall–Kier alpha value is -1.97. The zero-order chi connectivity index (χ0) is 22.7. The first-order valence-electron chi connectivity index (χ1n) is 10.4. The van der Waals surface area contributed by atoms with E-state index in [9.17, 15) is 4.79 Å². The van der Waals surface area contributed by atoms with Crippen molar-refractivity contribution in [1.29, 1.82) is 0 Å². The fraction of sp³-hybridized carbons (Fsp3) is 0.409. The van der Waals surface area contributed by atoms with Crippen LogP contribution in [0.3, 0.4) is 0 Å². The van der Waals surface area contributed by atoms with Crippen molar-refractivity contribution in [3.63, 3.8) is 0 Å². The Labute approximate surface area is 201 Å². The molecule has 2 aliphatic rings. The van der Waals surface area contributed by atoms with Crippen molar-refractivity contribution in [2.75, 3.05) is 32.8 Å². The second kappa shape index (κ2) is 10.3. The molecule has 1 fully saturated rings. The predicted octanol–water partition coefficient (Wildman–Crippen LogP) is 4.08. The number of rotatable bonds is 6. The number of carbonyl (C=O) groups excluding carboxylic acids is 1. The summed E-state index contributed by atoms with van der Waals surface area (Å²) in [6, 6.07) is 4.56. The number of aliphatic imine (C=N–C) groups is 1. The van der Waals surface area contributed by atoms with E-state index in [1.54, 1.807) is 31.3 Å². The molecule has 1 unspecified atom stereocenters. The Morgan fingerprint density at radius 1 is 1.41 bits per heavy atom. The number of hydrogen-bond donors (Lipinski definition) is 1. The van der Waals surface area contributed by atoms with Gasteiger partial charge in [-0.1, -0.05) is 29.3 Å². The molecule has 0 bridgehead atoms. The van der Waals surface area contributed by atoms with E-state index in [-0.39, 0.29) is 12.7 Å². The topological polar surface area (TPSA) is 76.0 Å². The SMILES string of the molecule is CCOC(=O)C1=C(CN2CCOC(C)C2)NC(c2nccs2)=N[C@H]1c1ccc(Cl)cc1Cl. The van der Waals surface area contributed by atoms with Gasteiger partial charge in [-0.15, -0.1) is 11.3 Å². The molecule has 170 valence electrons. The smallest absolute Gasteiger partial charge is 0.338 e. The molecule has 1 aromatic heterocycles. The van der Waals surface area contributed by atoms with Crippen LogP contribution in [0.25, 0.3) is 0 Å². The maximum atomic E-state index is 13.2. The molecule has 3 heterocycles. The molecule has 7 nitrogen and oxygen atoms in total. The number of amidine groups is 1. The summed E-state index contributed by atoms with van der Waals surface area (Å²) in [4.78, 5) is 24.7. The number of benzene rings is 1. The zero-order valence-electron chi connectivity index (χ0n) is 17.8. The molecule has 32 heavy (non-hydrogen) atoms. The normalized spacial score (nSPS) is 21.8. The van der Waals surface area contributed by atoms with E-state index < -0.39 is 12.0 Å². The van der Waals surface area contributed by atoms with Gasteiger partial charge in [0.15, 0.2) is 10.8 Å². The molecule has 2 atom stereocenters. The summed E-state index contributed by atoms with van der Waals surface area (Å²) in [7, 11) is 0. The lowest BCUT2D eigenvalue weighted by atomic mass is 9.95. The first kappa shape index (κ1) is 23.2. The number of morpholine rings is 1. The maximum absolute atomic E-state index is 13.2. The molecule has 0 radical (unpaired) electrons. The van der Waals surface area contributed by atoms with E-state index in [0.29, 0.717) is 40.2 Å². The van der Waals surface area contributed by atoms with Crippen LogP contribution in [0.4, 0.5) is 0 Å². The average Bonchev–Trinajstić information content (AvgIpc) is 3.28. The van der Waals surface area contributed by atoms with Gasteiger partial charge in [0, 0.05) is 52.5 Å². The molecule has 0 amide bonds. The summed E-state index contributed by atoms with van der Waals surface area (Å²) >= 11 is 14.1. The Kier molecular flexibility index (Phi) is 7.48. The third-order valence-electron chi connectivity index (χ3n) is 5.22. The van der Waals surface area contributed by atoms with Crippen molar-refractivity contribution in [3.8, 4) is 0 Å². The minimum absolute atomic E-state index is 0.118. The lowest BCUT2D eigenvalue weighted by Gasteiger charge is -2.34. The van der Waals surface area contributed by atoms with Gasteiger partial charge in [0.2, 0.25) is 0 Å². The van der Waals surface area contributed by atoms with Gasteiger partial charge < -0.3 is 14.8 Å². The van der Waals surface area contributed by atoms with Crippen molar-refractivity contribution >= 4 is 46.3 Å². The van der Waals surface area contributed by atoms with Crippen LogP contribution in [0.15, 0.2) is 46.0 Å². The van der Waals surface area contributed by atoms with Crippen molar-refractivity contribution in [3.05, 3.63) is 61.7 Å². The van der Waals surface area contributed by atoms with Crippen LogP contribution < -0.4 is 5.32 Å². The van der Waals surface area contributed by atoms with Crippen molar-refractivity contribution in [1.82, 2.24) is 15.2 Å². The fourth-order valence-corrected chi connectivity index (χ4v) is 4.92. The van der Waals surface area contributed by atoms with Crippen LogP contribution in [0.1, 0.15) is 30.5 Å². The molecule has 1 N–H and O–H groups in total. The number of halogens is 2. The fourth-order valence-electron chi connectivity index (χ4n) is 3.82. The third kappa shape index (κ3) is 5.15. The lowest BCUT2D eigenvalue weighted by molar-refractivity contribution is -0.139. The quantitative estimate of drug-likeness (QED) is 0.609. The van der Waals surface area contributed by atoms with E-state index in [4.69, 9.17) is 37.7 Å². The zero-order valence-corrected chi connectivity index (χ0v) is 20.1. The minimum Gasteiger partial charge on any atom is -0.463 e. The maximum Gasteiger partial charge on any atom is 0.338 e. The van der Waals surface area contributed by atoms with Crippen molar-refractivity contribution < 1.29 is 14.3 Å². The number of thiazole rings is 1.